The number of thiophene rings is 1. The van der Waals surface area contributed by atoms with Gasteiger partial charge in [0.1, 0.15) is 28.7 Å². The van der Waals surface area contributed by atoms with Gasteiger partial charge >= 0.3 is 6.18 Å². The number of hydrogen-bond donors (Lipinski definition) is 2. The number of piperidine rings is 1. The maximum absolute atomic E-state index is 13.0. The molecule has 0 amide bonds. The Morgan fingerprint density at radius 3 is 2.56 bits per heavy atom. The van der Waals surface area contributed by atoms with Crippen LogP contribution in [0.25, 0.3) is 21.1 Å². The molecule has 5 aromatic rings. The van der Waals surface area contributed by atoms with E-state index in [1.54, 1.807) is 18.6 Å². The Labute approximate surface area is 316 Å². The van der Waals surface area contributed by atoms with Crippen LogP contribution in [0.2, 0.25) is 0 Å². The number of halogens is 3. The molecule has 2 fully saturated rings. The first-order valence-corrected chi connectivity index (χ1v) is 20.4. The van der Waals surface area contributed by atoms with E-state index in [0.29, 0.717) is 67.4 Å². The molecule has 12 nitrogen and oxygen atoms in total. The second-order valence-corrected chi connectivity index (χ2v) is 17.1. The average molecular weight is 784 g/mol. The topological polar surface area (TPSA) is 136 Å². The van der Waals surface area contributed by atoms with E-state index in [9.17, 15) is 26.9 Å². The molecule has 2 saturated heterocycles. The lowest BCUT2D eigenvalue weighted by molar-refractivity contribution is -0.126. The van der Waals surface area contributed by atoms with Gasteiger partial charge in [-0.05, 0) is 74.1 Å². The van der Waals surface area contributed by atoms with Gasteiger partial charge in [-0.15, -0.1) is 11.3 Å². The third-order valence-corrected chi connectivity index (χ3v) is 13.3. The molecule has 54 heavy (non-hydrogen) atoms. The van der Waals surface area contributed by atoms with Crippen LogP contribution < -0.4 is 10.0 Å². The second kappa shape index (κ2) is 16.0. The average Bonchev–Trinajstić information content (AvgIpc) is 3.89. The second-order valence-electron chi connectivity index (χ2n) is 14.2. The van der Waals surface area contributed by atoms with Crippen molar-refractivity contribution in [2.75, 3.05) is 51.1 Å². The minimum atomic E-state index is -4.27. The molecule has 1 unspecified atom stereocenters. The summed E-state index contributed by atoms with van der Waals surface area (Å²) in [4.78, 5) is 14.0. The zero-order chi connectivity index (χ0) is 38.0. The van der Waals surface area contributed by atoms with Crippen molar-refractivity contribution < 1.29 is 26.0 Å². The summed E-state index contributed by atoms with van der Waals surface area (Å²) in [6, 6.07) is 12.2. The van der Waals surface area contributed by atoms with Crippen LogP contribution in [0.15, 0.2) is 53.6 Å². The minimum Gasteiger partial charge on any atom is -0.472 e. The highest BCUT2D eigenvalue weighted by molar-refractivity contribution is 7.87. The largest absolute Gasteiger partial charge is 0.472 e. The fraction of sp³-hybridized carbons (Fsp3) is 0.486. The quantitative estimate of drug-likeness (QED) is 0.155. The van der Waals surface area contributed by atoms with E-state index in [1.807, 2.05) is 12.1 Å². The third kappa shape index (κ3) is 8.74. The van der Waals surface area contributed by atoms with Crippen LogP contribution in [-0.2, 0) is 36.1 Å². The van der Waals surface area contributed by atoms with Crippen LogP contribution >= 0.6 is 11.3 Å². The number of anilines is 1. The normalized spacial score (nSPS) is 17.7. The van der Waals surface area contributed by atoms with E-state index in [0.717, 1.165) is 65.8 Å². The van der Waals surface area contributed by atoms with Crippen LogP contribution in [0, 0.1) is 18.3 Å². The smallest absolute Gasteiger partial charge is 0.393 e. The van der Waals surface area contributed by atoms with Crippen LogP contribution in [0.5, 0.6) is 0 Å². The van der Waals surface area contributed by atoms with E-state index in [-0.39, 0.29) is 17.0 Å². The molecule has 0 radical (unpaired) electrons. The number of nitriles is 1. The van der Waals surface area contributed by atoms with E-state index >= 15 is 0 Å². The molecule has 4 aromatic heterocycles. The summed E-state index contributed by atoms with van der Waals surface area (Å²) in [6.45, 7) is 9.60. The van der Waals surface area contributed by atoms with Gasteiger partial charge in [0.2, 0.25) is 0 Å². The molecular weight excluding hydrogens is 740 g/mol. The van der Waals surface area contributed by atoms with Gasteiger partial charge in [-0.3, -0.25) is 9.80 Å². The standard InChI is InChI=1S/C37H44F3N9O3S2/c1-25(47-12-14-48(15-13-47)54(50,51)44-9-5-27-8-16-52-23-27)21-49-30(20-41)17-32-26(2)28(3-4-34(32)49)22-46-10-6-29(7-11-46)45-35-33-18-31(19-37(38,39)40)53-36(33)43-24-42-35/h3-4,8,16-18,23-25,29,44H,5-7,9-15,19,21-22H2,1-2H3,(H,42,43,45). The highest BCUT2D eigenvalue weighted by Crippen LogP contribution is 2.34. The number of nitrogens with one attached hydrogen (secondary N) is 2. The van der Waals surface area contributed by atoms with E-state index in [1.165, 1.54) is 16.2 Å². The Morgan fingerprint density at radius 2 is 1.85 bits per heavy atom. The zero-order valence-electron chi connectivity index (χ0n) is 30.3. The number of fused-ring (bicyclic) bond motifs is 2. The van der Waals surface area contributed by atoms with E-state index in [4.69, 9.17) is 4.42 Å². The van der Waals surface area contributed by atoms with Gasteiger partial charge in [-0.2, -0.15) is 31.2 Å². The van der Waals surface area contributed by atoms with Crippen LogP contribution in [0.1, 0.15) is 47.0 Å². The van der Waals surface area contributed by atoms with Crippen LogP contribution in [0.4, 0.5) is 19.0 Å². The molecule has 7 rings (SSSR count). The Morgan fingerprint density at radius 1 is 1.07 bits per heavy atom. The maximum Gasteiger partial charge on any atom is 0.393 e. The Balaban J connectivity index is 0.933. The van der Waals surface area contributed by atoms with Crippen molar-refractivity contribution in [3.05, 3.63) is 76.4 Å². The maximum atomic E-state index is 13.0. The van der Waals surface area contributed by atoms with Crippen molar-refractivity contribution in [2.24, 2.45) is 0 Å². The van der Waals surface area contributed by atoms with Gasteiger partial charge in [0, 0.05) is 86.8 Å². The predicted octanol–water partition coefficient (Wildman–Crippen LogP) is 5.68. The van der Waals surface area contributed by atoms with Gasteiger partial charge in [0.05, 0.1) is 24.3 Å². The molecule has 0 bridgehead atoms. The molecule has 1 aromatic carbocycles. The number of piperazine rings is 1. The molecule has 17 heteroatoms. The van der Waals surface area contributed by atoms with Crippen molar-refractivity contribution in [1.82, 2.24) is 33.4 Å². The summed E-state index contributed by atoms with van der Waals surface area (Å²) in [5.74, 6) is 0.581. The Bertz CT molecular complexity index is 2220. The third-order valence-electron chi connectivity index (χ3n) is 10.6. The van der Waals surface area contributed by atoms with Gasteiger partial charge in [0.15, 0.2) is 0 Å². The van der Waals surface area contributed by atoms with E-state index in [2.05, 4.69) is 66.4 Å². The van der Waals surface area contributed by atoms with Crippen molar-refractivity contribution >= 4 is 48.5 Å². The number of furan rings is 1. The first-order valence-electron chi connectivity index (χ1n) is 18.2. The summed E-state index contributed by atoms with van der Waals surface area (Å²) in [5, 5.41) is 15.3. The lowest BCUT2D eigenvalue weighted by Crippen LogP contribution is -2.54. The number of rotatable bonds is 13. The number of alkyl halides is 3. The number of likely N-dealkylation sites (tertiary alicyclic amines) is 1. The molecule has 2 aliphatic heterocycles. The lowest BCUT2D eigenvalue weighted by Gasteiger charge is -2.37. The van der Waals surface area contributed by atoms with Crippen LogP contribution in [0.3, 0.4) is 0 Å². The molecule has 2 aliphatic rings. The highest BCUT2D eigenvalue weighted by Gasteiger charge is 2.31. The van der Waals surface area contributed by atoms with Gasteiger partial charge in [0.25, 0.3) is 10.2 Å². The van der Waals surface area contributed by atoms with Crippen molar-refractivity contribution in [3.63, 3.8) is 0 Å². The summed E-state index contributed by atoms with van der Waals surface area (Å²) < 4.78 is 76.1. The van der Waals surface area contributed by atoms with Crippen molar-refractivity contribution in [1.29, 1.82) is 5.26 Å². The molecule has 0 saturated carbocycles. The predicted molar refractivity (Wildman–Crippen MR) is 202 cm³/mol. The summed E-state index contributed by atoms with van der Waals surface area (Å²) in [6.07, 6.45) is 1.63. The molecule has 1 atom stereocenters. The van der Waals surface area contributed by atoms with Crippen LogP contribution in [-0.4, -0.2) is 101 Å². The molecule has 6 heterocycles. The van der Waals surface area contributed by atoms with E-state index < -0.39 is 22.8 Å². The van der Waals surface area contributed by atoms with Crippen molar-refractivity contribution in [3.8, 4) is 6.07 Å². The molecule has 0 spiro atoms. The number of aryl methyl sites for hydroxylation is 1. The number of aromatic nitrogens is 3. The fourth-order valence-corrected chi connectivity index (χ4v) is 9.78. The minimum absolute atomic E-state index is 0.0848. The van der Waals surface area contributed by atoms with Crippen molar-refractivity contribution in [2.45, 2.75) is 70.9 Å². The number of benzene rings is 1. The summed E-state index contributed by atoms with van der Waals surface area (Å²) >= 11 is 1.05. The molecule has 0 aliphatic carbocycles. The monoisotopic (exact) mass is 783 g/mol. The molecular formula is C37H44F3N9O3S2. The van der Waals surface area contributed by atoms with Gasteiger partial charge < -0.3 is 14.3 Å². The van der Waals surface area contributed by atoms with Gasteiger partial charge in [-0.25, -0.2) is 14.7 Å². The molecule has 288 valence electrons. The summed E-state index contributed by atoms with van der Waals surface area (Å²) in [7, 11) is -3.58. The SMILES string of the molecule is Cc1c(CN2CCC(Nc3ncnc4sc(CC(F)(F)F)cc34)CC2)ccc2c1cc(C#N)n2CC(C)N1CCN(S(=O)(=O)NCCc2ccoc2)CC1. The Kier molecular flexibility index (Phi) is 11.3. The fourth-order valence-electron chi connectivity index (χ4n) is 7.57. The molecule has 2 N–H and O–H groups in total. The lowest BCUT2D eigenvalue weighted by atomic mass is 10.0. The Hall–Kier alpha value is -4.05. The number of nitrogens with zero attached hydrogens (tertiary/aromatic N) is 7. The first-order chi connectivity index (χ1) is 25.9. The first kappa shape index (κ1) is 38.2. The zero-order valence-corrected chi connectivity index (χ0v) is 31.9. The van der Waals surface area contributed by atoms with Gasteiger partial charge in [-0.1, -0.05) is 6.07 Å². The summed E-state index contributed by atoms with van der Waals surface area (Å²) in [5.41, 5.74) is 4.89. The highest BCUT2D eigenvalue weighted by atomic mass is 32.2. The number of hydrogen-bond acceptors (Lipinski definition) is 10.